The van der Waals surface area contributed by atoms with E-state index in [2.05, 4.69) is 4.90 Å². The third kappa shape index (κ3) is 3.44. The van der Waals surface area contributed by atoms with Crippen LogP contribution in [0.5, 0.6) is 0 Å². The molecule has 1 saturated heterocycles. The summed E-state index contributed by atoms with van der Waals surface area (Å²) in [6.45, 7) is 1.53. The molecule has 1 heterocycles. The topological polar surface area (TPSA) is 20.3 Å². The molecule has 0 radical (unpaired) electrons. The fourth-order valence-electron chi connectivity index (χ4n) is 3.91. The van der Waals surface area contributed by atoms with Gasteiger partial charge in [-0.2, -0.15) is 0 Å². The number of benzene rings is 1. The van der Waals surface area contributed by atoms with E-state index in [0.717, 1.165) is 12.5 Å². The number of rotatable bonds is 4. The van der Waals surface area contributed by atoms with Crippen LogP contribution in [-0.4, -0.2) is 29.8 Å². The molecule has 1 aromatic carbocycles. The Bertz CT molecular complexity index is 526. The maximum atomic E-state index is 12.5. The summed E-state index contributed by atoms with van der Waals surface area (Å²) in [5.74, 6) is 0.905. The van der Waals surface area contributed by atoms with Crippen molar-refractivity contribution in [3.8, 4) is 0 Å². The van der Waals surface area contributed by atoms with E-state index in [1.54, 1.807) is 18.2 Å². The smallest absolute Gasteiger partial charge is 0.178 e. The number of likely N-dealkylation sites (tertiary alicyclic amines) is 1. The summed E-state index contributed by atoms with van der Waals surface area (Å²) in [4.78, 5) is 14.9. The van der Waals surface area contributed by atoms with E-state index in [1.807, 2.05) is 0 Å². The van der Waals surface area contributed by atoms with Crippen molar-refractivity contribution in [3.05, 3.63) is 33.8 Å². The number of hydrogen-bond donors (Lipinski definition) is 0. The number of nitrogens with zero attached hydrogens (tertiary/aromatic N) is 1. The summed E-state index contributed by atoms with van der Waals surface area (Å²) in [5, 5.41) is 1.03. The van der Waals surface area contributed by atoms with Crippen molar-refractivity contribution in [1.82, 2.24) is 4.90 Å². The average molecular weight is 326 g/mol. The molecule has 1 aliphatic heterocycles. The molecule has 0 spiro atoms. The van der Waals surface area contributed by atoms with Crippen LogP contribution in [0.4, 0.5) is 0 Å². The predicted octanol–water partition coefficient (Wildman–Crippen LogP) is 4.83. The molecule has 2 nitrogen and oxygen atoms in total. The lowest BCUT2D eigenvalue weighted by Crippen LogP contribution is -2.38. The minimum atomic E-state index is 0.113. The van der Waals surface area contributed by atoms with Gasteiger partial charge in [0.1, 0.15) is 0 Å². The lowest BCUT2D eigenvalue weighted by Gasteiger charge is -2.28. The molecule has 2 aliphatic rings. The molecule has 114 valence electrons. The van der Waals surface area contributed by atoms with Gasteiger partial charge in [-0.25, -0.2) is 0 Å². The van der Waals surface area contributed by atoms with Crippen LogP contribution in [0.25, 0.3) is 0 Å². The van der Waals surface area contributed by atoms with Crippen LogP contribution in [0.1, 0.15) is 48.9 Å². The molecular formula is C17H21Cl2NO. The van der Waals surface area contributed by atoms with Crippen molar-refractivity contribution < 1.29 is 4.79 Å². The highest BCUT2D eigenvalue weighted by Crippen LogP contribution is 2.35. The third-order valence-corrected chi connectivity index (χ3v) is 5.48. The van der Waals surface area contributed by atoms with Crippen molar-refractivity contribution in [1.29, 1.82) is 0 Å². The molecule has 2 fully saturated rings. The molecule has 0 aromatic heterocycles. The standard InChI is InChI=1S/C17H21Cl2NO/c18-13-7-8-14(15(19)10-13)17(21)11-20-9-3-6-16(20)12-4-1-2-5-12/h7-8,10,12,16H,1-6,9,11H2. The van der Waals surface area contributed by atoms with Crippen molar-refractivity contribution in [2.24, 2.45) is 5.92 Å². The largest absolute Gasteiger partial charge is 0.293 e. The van der Waals surface area contributed by atoms with Gasteiger partial charge in [0.15, 0.2) is 5.78 Å². The molecule has 4 heteroatoms. The zero-order chi connectivity index (χ0) is 14.8. The number of Topliss-reactive ketones (excluding diaryl/α,β-unsaturated/α-hetero) is 1. The van der Waals surface area contributed by atoms with E-state index >= 15 is 0 Å². The Hall–Kier alpha value is -0.570. The Morgan fingerprint density at radius 2 is 1.90 bits per heavy atom. The van der Waals surface area contributed by atoms with Crippen LogP contribution in [-0.2, 0) is 0 Å². The van der Waals surface area contributed by atoms with Crippen LogP contribution in [0.3, 0.4) is 0 Å². The molecular weight excluding hydrogens is 305 g/mol. The van der Waals surface area contributed by atoms with Gasteiger partial charge in [-0.3, -0.25) is 9.69 Å². The van der Waals surface area contributed by atoms with E-state index in [0.29, 0.717) is 28.2 Å². The normalized spacial score (nSPS) is 23.8. The number of ketones is 1. The van der Waals surface area contributed by atoms with Gasteiger partial charge < -0.3 is 0 Å². The fourth-order valence-corrected chi connectivity index (χ4v) is 4.42. The first-order valence-corrected chi connectivity index (χ1v) is 8.63. The molecule has 1 aromatic rings. The Labute approximate surface area is 136 Å². The second-order valence-corrected chi connectivity index (χ2v) is 7.12. The summed E-state index contributed by atoms with van der Waals surface area (Å²) in [5.41, 5.74) is 0.595. The number of carbonyl (C=O) groups is 1. The predicted molar refractivity (Wildman–Crippen MR) is 87.3 cm³/mol. The van der Waals surface area contributed by atoms with Crippen LogP contribution < -0.4 is 0 Å². The molecule has 1 unspecified atom stereocenters. The van der Waals surface area contributed by atoms with E-state index in [-0.39, 0.29) is 5.78 Å². The quantitative estimate of drug-likeness (QED) is 0.739. The summed E-state index contributed by atoms with van der Waals surface area (Å²) in [6, 6.07) is 5.73. The molecule has 0 amide bonds. The van der Waals surface area contributed by atoms with Gasteiger partial charge in [-0.1, -0.05) is 36.0 Å². The number of carbonyl (C=O) groups excluding carboxylic acids is 1. The molecule has 1 aliphatic carbocycles. The minimum absolute atomic E-state index is 0.113. The van der Waals surface area contributed by atoms with Gasteiger partial charge in [0.05, 0.1) is 11.6 Å². The number of halogens is 2. The van der Waals surface area contributed by atoms with E-state index < -0.39 is 0 Å². The van der Waals surface area contributed by atoms with Crippen molar-refractivity contribution >= 4 is 29.0 Å². The molecule has 1 saturated carbocycles. The fraction of sp³-hybridized carbons (Fsp3) is 0.588. The second kappa shape index (κ2) is 6.68. The molecule has 21 heavy (non-hydrogen) atoms. The zero-order valence-electron chi connectivity index (χ0n) is 12.2. The summed E-state index contributed by atoms with van der Waals surface area (Å²) >= 11 is 12.0. The Balaban J connectivity index is 1.68. The first kappa shape index (κ1) is 15.3. The van der Waals surface area contributed by atoms with Crippen LogP contribution >= 0.6 is 23.2 Å². The summed E-state index contributed by atoms with van der Waals surface area (Å²) in [7, 11) is 0. The molecule has 0 N–H and O–H groups in total. The zero-order valence-corrected chi connectivity index (χ0v) is 13.7. The molecule has 0 bridgehead atoms. The van der Waals surface area contributed by atoms with Crippen molar-refractivity contribution in [2.45, 2.75) is 44.6 Å². The minimum Gasteiger partial charge on any atom is -0.293 e. The molecule has 3 rings (SSSR count). The van der Waals surface area contributed by atoms with Gasteiger partial charge >= 0.3 is 0 Å². The van der Waals surface area contributed by atoms with Gasteiger partial charge in [-0.05, 0) is 56.3 Å². The van der Waals surface area contributed by atoms with Gasteiger partial charge in [0, 0.05) is 16.6 Å². The van der Waals surface area contributed by atoms with Crippen LogP contribution in [0.15, 0.2) is 18.2 Å². The first-order valence-electron chi connectivity index (χ1n) is 7.87. The van der Waals surface area contributed by atoms with Gasteiger partial charge in [-0.15, -0.1) is 0 Å². The maximum absolute atomic E-state index is 12.5. The summed E-state index contributed by atoms with van der Waals surface area (Å²) < 4.78 is 0. The van der Waals surface area contributed by atoms with E-state index in [4.69, 9.17) is 23.2 Å². The number of hydrogen-bond acceptors (Lipinski definition) is 2. The monoisotopic (exact) mass is 325 g/mol. The van der Waals surface area contributed by atoms with Crippen molar-refractivity contribution in [2.75, 3.05) is 13.1 Å². The average Bonchev–Trinajstić information content (AvgIpc) is 3.08. The van der Waals surface area contributed by atoms with E-state index in [9.17, 15) is 4.79 Å². The first-order chi connectivity index (χ1) is 10.1. The third-order valence-electron chi connectivity index (χ3n) is 4.94. The lowest BCUT2D eigenvalue weighted by atomic mass is 9.95. The van der Waals surface area contributed by atoms with Crippen molar-refractivity contribution in [3.63, 3.8) is 0 Å². The van der Waals surface area contributed by atoms with Crippen LogP contribution in [0.2, 0.25) is 10.0 Å². The maximum Gasteiger partial charge on any atom is 0.178 e. The van der Waals surface area contributed by atoms with E-state index in [1.165, 1.54) is 38.5 Å². The summed E-state index contributed by atoms with van der Waals surface area (Å²) in [6.07, 6.45) is 7.82. The Kier molecular flexibility index (Phi) is 4.88. The van der Waals surface area contributed by atoms with Crippen LogP contribution in [0, 0.1) is 5.92 Å². The highest BCUT2D eigenvalue weighted by atomic mass is 35.5. The highest BCUT2D eigenvalue weighted by molar-refractivity contribution is 6.36. The second-order valence-electron chi connectivity index (χ2n) is 6.27. The Morgan fingerprint density at radius 3 is 2.62 bits per heavy atom. The Morgan fingerprint density at radius 1 is 1.14 bits per heavy atom. The SMILES string of the molecule is O=C(CN1CCCC1C1CCCC1)c1ccc(Cl)cc1Cl. The lowest BCUT2D eigenvalue weighted by molar-refractivity contribution is 0.0896. The molecule has 1 atom stereocenters. The van der Waals surface area contributed by atoms with Gasteiger partial charge in [0.2, 0.25) is 0 Å². The highest BCUT2D eigenvalue weighted by Gasteiger charge is 2.34. The van der Waals surface area contributed by atoms with Gasteiger partial charge in [0.25, 0.3) is 0 Å².